The highest BCUT2D eigenvalue weighted by atomic mass is 79.9. The lowest BCUT2D eigenvalue weighted by atomic mass is 9.97. The van der Waals surface area contributed by atoms with E-state index in [2.05, 4.69) is 21.0 Å². The van der Waals surface area contributed by atoms with E-state index in [1.54, 1.807) is 46.5 Å². The van der Waals surface area contributed by atoms with Gasteiger partial charge >= 0.3 is 14.8 Å². The summed E-state index contributed by atoms with van der Waals surface area (Å²) in [5.74, 6) is -0.562. The van der Waals surface area contributed by atoms with Crippen LogP contribution in [0.1, 0.15) is 62.9 Å². The van der Waals surface area contributed by atoms with E-state index in [1.807, 2.05) is 0 Å². The Morgan fingerprint density at radius 3 is 2.45 bits per heavy atom. The smallest absolute Gasteiger partial charge is 0.330 e. The quantitative estimate of drug-likeness (QED) is 0.191. The normalized spacial score (nSPS) is 16.5. The topological polar surface area (TPSA) is 130 Å². The Kier molecular flexibility index (Phi) is 9.05. The Bertz CT molecular complexity index is 1930. The summed E-state index contributed by atoms with van der Waals surface area (Å²) in [6, 6.07) is 9.28. The molecule has 1 atom stereocenters. The number of halogens is 4. The highest BCUT2D eigenvalue weighted by Crippen LogP contribution is 2.37. The number of aromatic nitrogens is 3. The van der Waals surface area contributed by atoms with Crippen LogP contribution in [0.5, 0.6) is 0 Å². The molecule has 16 heteroatoms. The molecule has 1 aliphatic carbocycles. The SMILES string of the molecule is C[C@@H]1Cc2c(n3ncc(CC4CC4)c3n(-c3ccc(C(=O)N(C)COP(O)O)cc3)c2=O)CN1C(=O)c1ccc(Br)c(C(F)(F)F)c1. The van der Waals surface area contributed by atoms with Gasteiger partial charge in [-0.2, -0.15) is 18.3 Å². The minimum absolute atomic E-state index is 0.0321. The molecule has 2 N–H and O–H groups in total. The van der Waals surface area contributed by atoms with Crippen molar-refractivity contribution in [3.8, 4) is 5.69 Å². The van der Waals surface area contributed by atoms with Crippen molar-refractivity contribution in [2.75, 3.05) is 13.8 Å². The van der Waals surface area contributed by atoms with E-state index < -0.39 is 38.2 Å². The summed E-state index contributed by atoms with van der Waals surface area (Å²) >= 11 is 2.92. The third kappa shape index (κ3) is 6.59. The van der Waals surface area contributed by atoms with Gasteiger partial charge in [-0.05, 0) is 81.0 Å². The largest absolute Gasteiger partial charge is 0.417 e. The summed E-state index contributed by atoms with van der Waals surface area (Å²) in [6.07, 6.45) is 0.0150. The van der Waals surface area contributed by atoms with Crippen LogP contribution < -0.4 is 5.56 Å². The summed E-state index contributed by atoms with van der Waals surface area (Å²) in [5, 5.41) is 4.64. The van der Waals surface area contributed by atoms with Gasteiger partial charge in [0.15, 0.2) is 0 Å². The second-order valence-corrected chi connectivity index (χ2v) is 13.5. The third-order valence-corrected chi connectivity index (χ3v) is 9.55. The van der Waals surface area contributed by atoms with Gasteiger partial charge in [-0.1, -0.05) is 15.9 Å². The first-order chi connectivity index (χ1) is 22.2. The van der Waals surface area contributed by atoms with E-state index in [0.717, 1.165) is 24.5 Å². The minimum atomic E-state index is -4.65. The van der Waals surface area contributed by atoms with Crippen molar-refractivity contribution in [1.29, 1.82) is 0 Å². The van der Waals surface area contributed by atoms with Crippen LogP contribution in [0.15, 0.2) is 57.9 Å². The van der Waals surface area contributed by atoms with Crippen molar-refractivity contribution >= 4 is 42.0 Å². The minimum Gasteiger partial charge on any atom is -0.330 e. The fraction of sp³-hybridized carbons (Fsp3) is 0.355. The lowest BCUT2D eigenvalue weighted by Crippen LogP contribution is -2.46. The predicted octanol–water partition coefficient (Wildman–Crippen LogP) is 5.06. The molecule has 0 bridgehead atoms. The van der Waals surface area contributed by atoms with Crippen molar-refractivity contribution in [2.45, 2.75) is 51.4 Å². The fourth-order valence-electron chi connectivity index (χ4n) is 5.88. The van der Waals surface area contributed by atoms with Crippen LogP contribution in [-0.2, 0) is 30.1 Å². The number of hydrogen-bond donors (Lipinski definition) is 2. The maximum Gasteiger partial charge on any atom is 0.417 e. The first kappa shape index (κ1) is 33.3. The van der Waals surface area contributed by atoms with Gasteiger partial charge in [0.25, 0.3) is 17.4 Å². The Morgan fingerprint density at radius 2 is 1.81 bits per heavy atom. The molecule has 3 heterocycles. The Hall–Kier alpha value is -3.62. The van der Waals surface area contributed by atoms with Crippen molar-refractivity contribution < 1.29 is 37.1 Å². The van der Waals surface area contributed by atoms with Crippen LogP contribution in [0.2, 0.25) is 0 Å². The third-order valence-electron chi connectivity index (χ3n) is 8.52. The highest BCUT2D eigenvalue weighted by molar-refractivity contribution is 9.10. The molecule has 1 fully saturated rings. The van der Waals surface area contributed by atoms with Gasteiger partial charge in [0.1, 0.15) is 12.4 Å². The molecule has 1 saturated carbocycles. The number of alkyl halides is 3. The van der Waals surface area contributed by atoms with Crippen LogP contribution in [0, 0.1) is 5.92 Å². The molecule has 0 unspecified atom stereocenters. The number of hydrogen-bond acceptors (Lipinski definition) is 7. The van der Waals surface area contributed by atoms with E-state index in [1.165, 1.54) is 29.0 Å². The van der Waals surface area contributed by atoms with Gasteiger partial charge in [0.2, 0.25) is 0 Å². The van der Waals surface area contributed by atoms with Crippen molar-refractivity contribution in [3.05, 3.63) is 97.0 Å². The zero-order valence-electron chi connectivity index (χ0n) is 25.2. The Balaban J connectivity index is 1.39. The van der Waals surface area contributed by atoms with Gasteiger partial charge in [0.05, 0.1) is 29.7 Å². The average Bonchev–Trinajstić information content (AvgIpc) is 3.76. The van der Waals surface area contributed by atoms with Gasteiger partial charge in [-0.15, -0.1) is 0 Å². The van der Waals surface area contributed by atoms with E-state index >= 15 is 0 Å². The molecular formula is C31H30BrF3N5O6P. The highest BCUT2D eigenvalue weighted by Gasteiger charge is 2.37. The van der Waals surface area contributed by atoms with Crippen LogP contribution in [0.3, 0.4) is 0 Å². The predicted molar refractivity (Wildman–Crippen MR) is 169 cm³/mol. The van der Waals surface area contributed by atoms with E-state index in [9.17, 15) is 27.6 Å². The van der Waals surface area contributed by atoms with Crippen LogP contribution in [0.4, 0.5) is 13.2 Å². The van der Waals surface area contributed by atoms with E-state index in [-0.39, 0.29) is 40.9 Å². The number of amides is 2. The summed E-state index contributed by atoms with van der Waals surface area (Å²) in [6.45, 7) is 1.39. The zero-order valence-corrected chi connectivity index (χ0v) is 27.7. The number of carbonyl (C=O) groups is 2. The van der Waals surface area contributed by atoms with Crippen molar-refractivity contribution in [2.24, 2.45) is 5.92 Å². The van der Waals surface area contributed by atoms with Crippen LogP contribution in [-0.4, -0.2) is 65.4 Å². The lowest BCUT2D eigenvalue weighted by molar-refractivity contribution is -0.138. The maximum absolute atomic E-state index is 14.3. The molecule has 47 heavy (non-hydrogen) atoms. The van der Waals surface area contributed by atoms with Gasteiger partial charge < -0.3 is 19.6 Å². The average molecular weight is 736 g/mol. The number of carbonyl (C=O) groups excluding carboxylic acids is 2. The number of fused-ring (bicyclic) bond motifs is 3. The second kappa shape index (κ2) is 12.8. The van der Waals surface area contributed by atoms with Gasteiger partial charge in [0, 0.05) is 39.8 Å². The fourth-order valence-corrected chi connectivity index (χ4v) is 6.63. The van der Waals surface area contributed by atoms with Crippen molar-refractivity contribution in [3.63, 3.8) is 0 Å². The summed E-state index contributed by atoms with van der Waals surface area (Å²) in [5.41, 5.74) is 1.69. The molecular weight excluding hydrogens is 706 g/mol. The van der Waals surface area contributed by atoms with E-state index in [0.29, 0.717) is 34.9 Å². The molecule has 6 rings (SSSR count). The molecule has 0 saturated heterocycles. The monoisotopic (exact) mass is 735 g/mol. The first-order valence-electron chi connectivity index (χ1n) is 14.7. The number of rotatable bonds is 8. The molecule has 248 valence electrons. The summed E-state index contributed by atoms with van der Waals surface area (Å²) in [4.78, 5) is 61.4. The molecule has 11 nitrogen and oxygen atoms in total. The number of benzene rings is 2. The standard InChI is InChI=1S/C31H30BrF3N5O6P/c1-17-11-23-26(15-38(17)29(42)20-7-10-25(32)24(13-20)31(33,34)35)40-27(21(14-36-40)12-18-3-4-18)39(30(23)43)22-8-5-19(6-9-22)28(41)37(2)16-46-47(44)45/h5-10,13-14,17-18,44-45H,3-4,11-12,15-16H2,1-2H3/t17-/m1/s1. The molecule has 2 aromatic heterocycles. The molecule has 2 aliphatic rings. The molecule has 2 amide bonds. The number of nitrogens with zero attached hydrogens (tertiary/aromatic N) is 5. The lowest BCUT2D eigenvalue weighted by Gasteiger charge is -2.35. The Morgan fingerprint density at radius 1 is 1.13 bits per heavy atom. The zero-order chi connectivity index (χ0) is 33.8. The van der Waals surface area contributed by atoms with Crippen LogP contribution in [0.25, 0.3) is 11.3 Å². The second-order valence-electron chi connectivity index (χ2n) is 11.9. The summed E-state index contributed by atoms with van der Waals surface area (Å²) < 4.78 is 48.6. The first-order valence-corrected chi connectivity index (χ1v) is 16.7. The van der Waals surface area contributed by atoms with Gasteiger partial charge in [-0.25, -0.2) is 4.52 Å². The summed E-state index contributed by atoms with van der Waals surface area (Å²) in [7, 11) is -1.17. The van der Waals surface area contributed by atoms with E-state index in [4.69, 9.17) is 14.3 Å². The van der Waals surface area contributed by atoms with Crippen molar-refractivity contribution in [1.82, 2.24) is 24.0 Å². The molecule has 2 aromatic carbocycles. The maximum atomic E-state index is 14.3. The van der Waals surface area contributed by atoms with Gasteiger partial charge in [-0.3, -0.25) is 23.5 Å². The van der Waals surface area contributed by atoms with Crippen LogP contribution >= 0.6 is 24.5 Å². The molecule has 0 spiro atoms. The molecule has 0 radical (unpaired) electrons. The molecule has 4 aromatic rings. The Labute approximate surface area is 276 Å². The molecule has 1 aliphatic heterocycles.